The van der Waals surface area contributed by atoms with Crippen LogP contribution >= 0.6 is 15.9 Å². The Morgan fingerprint density at radius 2 is 2.25 bits per heavy atom. The monoisotopic (exact) mass is 281 g/mol. The average molecular weight is 282 g/mol. The molecule has 0 amide bonds. The molecule has 3 nitrogen and oxygen atoms in total. The van der Waals surface area contributed by atoms with Gasteiger partial charge in [-0.25, -0.2) is 4.39 Å². The van der Waals surface area contributed by atoms with E-state index >= 15 is 0 Å². The zero-order valence-corrected chi connectivity index (χ0v) is 10.0. The first-order valence-electron chi connectivity index (χ1n) is 5.13. The summed E-state index contributed by atoms with van der Waals surface area (Å²) in [4.78, 5) is 4.04. The number of aryl methyl sites for hydroxylation is 1. The molecule has 0 atom stereocenters. The van der Waals surface area contributed by atoms with Crippen molar-refractivity contribution in [2.45, 2.75) is 19.4 Å². The Balaban J connectivity index is 2.10. The summed E-state index contributed by atoms with van der Waals surface area (Å²) >= 11 is 3.54. The summed E-state index contributed by atoms with van der Waals surface area (Å²) in [7, 11) is 0. The first-order valence-corrected chi connectivity index (χ1v) is 5.92. The molecule has 1 aliphatic heterocycles. The fourth-order valence-electron chi connectivity index (χ4n) is 1.97. The van der Waals surface area contributed by atoms with E-state index in [0.29, 0.717) is 5.69 Å². The standard InChI is InChI=1S/C11H9BrFN3/c12-10-9-2-1-5-16(9)15-11(10)8-4-3-7(13)6-14-8/h3-4,6H,1-2,5H2. The Morgan fingerprint density at radius 1 is 1.38 bits per heavy atom. The predicted octanol–water partition coefficient (Wildman–Crippen LogP) is 2.79. The van der Waals surface area contributed by atoms with Crippen LogP contribution in [0.5, 0.6) is 0 Å². The van der Waals surface area contributed by atoms with Gasteiger partial charge in [-0.3, -0.25) is 9.67 Å². The van der Waals surface area contributed by atoms with Gasteiger partial charge < -0.3 is 0 Å². The van der Waals surface area contributed by atoms with Gasteiger partial charge in [0.25, 0.3) is 0 Å². The lowest BCUT2D eigenvalue weighted by Gasteiger charge is -1.97. The van der Waals surface area contributed by atoms with E-state index in [1.54, 1.807) is 6.07 Å². The molecule has 3 heterocycles. The van der Waals surface area contributed by atoms with Crippen molar-refractivity contribution < 1.29 is 4.39 Å². The summed E-state index contributed by atoms with van der Waals surface area (Å²) in [5, 5.41) is 4.48. The molecule has 0 unspecified atom stereocenters. The van der Waals surface area contributed by atoms with Crippen molar-refractivity contribution in [3.8, 4) is 11.4 Å². The van der Waals surface area contributed by atoms with Gasteiger partial charge in [0.05, 0.1) is 22.1 Å². The maximum absolute atomic E-state index is 12.8. The normalized spacial score (nSPS) is 14.1. The van der Waals surface area contributed by atoms with E-state index in [-0.39, 0.29) is 5.82 Å². The lowest BCUT2D eigenvalue weighted by molar-refractivity contribution is 0.621. The van der Waals surface area contributed by atoms with Crippen LogP contribution in [0.3, 0.4) is 0 Å². The van der Waals surface area contributed by atoms with Gasteiger partial charge >= 0.3 is 0 Å². The molecule has 16 heavy (non-hydrogen) atoms. The summed E-state index contributed by atoms with van der Waals surface area (Å²) in [5.41, 5.74) is 2.71. The molecule has 0 fully saturated rings. The second kappa shape index (κ2) is 3.66. The number of pyridine rings is 1. The van der Waals surface area contributed by atoms with Crippen LogP contribution in [0.2, 0.25) is 0 Å². The van der Waals surface area contributed by atoms with Crippen LogP contribution in [-0.4, -0.2) is 14.8 Å². The fourth-order valence-corrected chi connectivity index (χ4v) is 2.66. The zero-order valence-electron chi connectivity index (χ0n) is 8.45. The minimum Gasteiger partial charge on any atom is -0.268 e. The van der Waals surface area contributed by atoms with Crippen LogP contribution in [0.4, 0.5) is 4.39 Å². The minimum absolute atomic E-state index is 0.327. The lowest BCUT2D eigenvalue weighted by Crippen LogP contribution is -1.94. The molecule has 0 aromatic carbocycles. The molecular formula is C11H9BrFN3. The van der Waals surface area contributed by atoms with Crippen molar-refractivity contribution in [3.63, 3.8) is 0 Å². The number of halogens is 2. The molecule has 0 saturated carbocycles. The first kappa shape index (κ1) is 9.96. The van der Waals surface area contributed by atoms with Crippen molar-refractivity contribution >= 4 is 15.9 Å². The number of nitrogens with zero attached hydrogens (tertiary/aromatic N) is 3. The predicted molar refractivity (Wildman–Crippen MR) is 61.4 cm³/mol. The zero-order chi connectivity index (χ0) is 11.1. The van der Waals surface area contributed by atoms with Gasteiger partial charge in [0, 0.05) is 6.54 Å². The topological polar surface area (TPSA) is 30.7 Å². The van der Waals surface area contributed by atoms with E-state index in [2.05, 4.69) is 26.0 Å². The quantitative estimate of drug-likeness (QED) is 0.805. The molecule has 0 N–H and O–H groups in total. The van der Waals surface area contributed by atoms with Gasteiger partial charge in [-0.1, -0.05) is 0 Å². The molecule has 1 aliphatic rings. The molecular weight excluding hydrogens is 273 g/mol. The van der Waals surface area contributed by atoms with Crippen molar-refractivity contribution in [2.75, 3.05) is 0 Å². The van der Waals surface area contributed by atoms with Crippen LogP contribution in [0.25, 0.3) is 11.4 Å². The highest BCUT2D eigenvalue weighted by molar-refractivity contribution is 9.10. The largest absolute Gasteiger partial charge is 0.268 e. The Morgan fingerprint density at radius 3 is 2.94 bits per heavy atom. The number of hydrogen-bond acceptors (Lipinski definition) is 2. The maximum atomic E-state index is 12.8. The summed E-state index contributed by atoms with van der Waals surface area (Å²) in [6, 6.07) is 3.05. The third kappa shape index (κ3) is 1.46. The van der Waals surface area contributed by atoms with Gasteiger partial charge in [0.15, 0.2) is 0 Å². The maximum Gasteiger partial charge on any atom is 0.141 e. The number of aromatic nitrogens is 3. The molecule has 82 valence electrons. The summed E-state index contributed by atoms with van der Waals surface area (Å²) in [6.45, 7) is 0.954. The molecule has 0 spiro atoms. The lowest BCUT2D eigenvalue weighted by atomic mass is 10.2. The van der Waals surface area contributed by atoms with E-state index in [4.69, 9.17) is 0 Å². The highest BCUT2D eigenvalue weighted by atomic mass is 79.9. The van der Waals surface area contributed by atoms with Crippen LogP contribution in [0.1, 0.15) is 12.1 Å². The molecule has 0 radical (unpaired) electrons. The highest BCUT2D eigenvalue weighted by Crippen LogP contribution is 2.32. The van der Waals surface area contributed by atoms with Crippen molar-refractivity contribution in [1.29, 1.82) is 0 Å². The molecule has 0 bridgehead atoms. The van der Waals surface area contributed by atoms with E-state index in [9.17, 15) is 4.39 Å². The van der Waals surface area contributed by atoms with Crippen molar-refractivity contribution in [1.82, 2.24) is 14.8 Å². The van der Waals surface area contributed by atoms with Crippen LogP contribution in [-0.2, 0) is 13.0 Å². The van der Waals surface area contributed by atoms with E-state index in [0.717, 1.165) is 29.6 Å². The summed E-state index contributed by atoms with van der Waals surface area (Å²) < 4.78 is 15.7. The number of rotatable bonds is 1. The van der Waals surface area contributed by atoms with Gasteiger partial charge in [-0.05, 0) is 40.9 Å². The third-order valence-electron chi connectivity index (χ3n) is 2.75. The van der Waals surface area contributed by atoms with E-state index in [1.165, 1.54) is 18.0 Å². The molecule has 5 heteroatoms. The Kier molecular flexibility index (Phi) is 2.28. The second-order valence-corrected chi connectivity index (χ2v) is 4.59. The fraction of sp³-hybridized carbons (Fsp3) is 0.273. The van der Waals surface area contributed by atoms with Crippen molar-refractivity contribution in [3.05, 3.63) is 34.3 Å². The first-order chi connectivity index (χ1) is 7.75. The Hall–Kier alpha value is -1.23. The van der Waals surface area contributed by atoms with Gasteiger partial charge in [0.2, 0.25) is 0 Å². The van der Waals surface area contributed by atoms with Gasteiger partial charge in [-0.15, -0.1) is 0 Å². The minimum atomic E-state index is -0.327. The Bertz CT molecular complexity index is 533. The number of hydrogen-bond donors (Lipinski definition) is 0. The van der Waals surface area contributed by atoms with Crippen LogP contribution < -0.4 is 0 Å². The smallest absolute Gasteiger partial charge is 0.141 e. The average Bonchev–Trinajstić information content (AvgIpc) is 2.84. The number of fused-ring (bicyclic) bond motifs is 1. The molecule has 0 saturated heterocycles. The highest BCUT2D eigenvalue weighted by Gasteiger charge is 2.21. The molecule has 3 rings (SSSR count). The molecule has 0 aliphatic carbocycles. The van der Waals surface area contributed by atoms with Crippen LogP contribution in [0, 0.1) is 5.82 Å². The molecule has 2 aromatic heterocycles. The summed E-state index contributed by atoms with van der Waals surface area (Å²) in [5.74, 6) is -0.327. The SMILES string of the molecule is Fc1ccc(-c2nn3c(c2Br)CCC3)nc1. The van der Waals surface area contributed by atoms with E-state index < -0.39 is 0 Å². The van der Waals surface area contributed by atoms with Crippen LogP contribution in [0.15, 0.2) is 22.8 Å². The third-order valence-corrected chi connectivity index (χ3v) is 3.58. The van der Waals surface area contributed by atoms with Gasteiger partial charge in [0.1, 0.15) is 11.5 Å². The Labute approximate surface area is 100 Å². The van der Waals surface area contributed by atoms with Crippen molar-refractivity contribution in [2.24, 2.45) is 0 Å². The molecule has 2 aromatic rings. The summed E-state index contributed by atoms with van der Waals surface area (Å²) in [6.07, 6.45) is 3.39. The second-order valence-electron chi connectivity index (χ2n) is 3.80. The van der Waals surface area contributed by atoms with E-state index in [1.807, 2.05) is 4.68 Å². The van der Waals surface area contributed by atoms with Gasteiger partial charge in [-0.2, -0.15) is 5.10 Å².